The van der Waals surface area contributed by atoms with E-state index in [-0.39, 0.29) is 11.3 Å². The fourth-order valence-electron chi connectivity index (χ4n) is 2.60. The van der Waals surface area contributed by atoms with Crippen molar-refractivity contribution in [3.63, 3.8) is 0 Å². The van der Waals surface area contributed by atoms with Gasteiger partial charge in [-0.25, -0.2) is 13.2 Å². The highest BCUT2D eigenvalue weighted by atomic mass is 32.2. The highest BCUT2D eigenvalue weighted by Crippen LogP contribution is 2.31. The molecular weight excluding hydrogens is 398 g/mol. The van der Waals surface area contributed by atoms with Crippen LogP contribution < -0.4 is 4.74 Å². The number of carbonyl (C=O) groups is 2. The Bertz CT molecular complexity index is 1200. The Labute approximate surface area is 165 Å². The second-order valence-corrected chi connectivity index (χ2v) is 7.69. The zero-order valence-corrected chi connectivity index (χ0v) is 15.5. The molecular formula is C20H13NO7S. The molecule has 146 valence electrons. The lowest BCUT2D eigenvalue weighted by Crippen LogP contribution is -2.15. The fourth-order valence-corrected chi connectivity index (χ4v) is 4.21. The second-order valence-electron chi connectivity index (χ2n) is 5.80. The molecule has 9 heteroatoms. The third-order valence-electron chi connectivity index (χ3n) is 3.97. The van der Waals surface area contributed by atoms with E-state index in [2.05, 4.69) is 0 Å². The minimum Gasteiger partial charge on any atom is -0.423 e. The molecule has 0 saturated carbocycles. The highest BCUT2D eigenvalue weighted by molar-refractivity contribution is 7.91. The maximum atomic E-state index is 13.1. The molecule has 0 radical (unpaired) electrons. The van der Waals surface area contributed by atoms with Gasteiger partial charge in [-0.15, -0.1) is 0 Å². The van der Waals surface area contributed by atoms with Crippen LogP contribution in [0.3, 0.4) is 0 Å². The number of esters is 1. The molecule has 0 fully saturated rings. The Balaban J connectivity index is 2.03. The molecule has 3 aromatic rings. The molecule has 0 bridgehead atoms. The first-order valence-electron chi connectivity index (χ1n) is 8.19. The van der Waals surface area contributed by atoms with Gasteiger partial charge in [-0.1, -0.05) is 24.3 Å². The lowest BCUT2D eigenvalue weighted by atomic mass is 10.2. The lowest BCUT2D eigenvalue weighted by molar-refractivity contribution is -0.387. The molecule has 0 aliphatic carbocycles. The number of nitrogens with zero attached hydrogens (tertiary/aromatic N) is 1. The van der Waals surface area contributed by atoms with Crippen molar-refractivity contribution in [2.45, 2.75) is 9.79 Å². The summed E-state index contributed by atoms with van der Waals surface area (Å²) in [5, 5.41) is 11.2. The van der Waals surface area contributed by atoms with Crippen LogP contribution in [0.25, 0.3) is 0 Å². The van der Waals surface area contributed by atoms with Crippen molar-refractivity contribution in [3.05, 3.63) is 94.0 Å². The largest absolute Gasteiger partial charge is 0.423 e. The molecule has 0 N–H and O–H groups in total. The zero-order chi connectivity index (χ0) is 21.0. The van der Waals surface area contributed by atoms with Crippen LogP contribution in [0.15, 0.2) is 82.6 Å². The maximum absolute atomic E-state index is 13.1. The summed E-state index contributed by atoms with van der Waals surface area (Å²) in [4.78, 5) is 32.8. The van der Waals surface area contributed by atoms with E-state index in [0.29, 0.717) is 11.8 Å². The number of ether oxygens (including phenoxy) is 1. The minimum absolute atomic E-state index is 0.110. The van der Waals surface area contributed by atoms with Gasteiger partial charge in [-0.2, -0.15) is 0 Å². The third kappa shape index (κ3) is 4.04. The zero-order valence-electron chi connectivity index (χ0n) is 14.7. The standard InChI is InChI=1S/C20H13NO7S/c22-13-14-9-11-15(12-10-14)28-20(23)16-5-1-3-7-18(16)29(26,27)19-8-4-2-6-17(19)21(24)25/h1-13H. The molecule has 0 atom stereocenters. The molecule has 0 aliphatic heterocycles. The summed E-state index contributed by atoms with van der Waals surface area (Å²) in [7, 11) is -4.38. The van der Waals surface area contributed by atoms with Gasteiger partial charge in [-0.05, 0) is 42.5 Å². The van der Waals surface area contributed by atoms with Crippen LogP contribution in [0.2, 0.25) is 0 Å². The van der Waals surface area contributed by atoms with E-state index in [1.807, 2.05) is 0 Å². The number of nitro benzene ring substituents is 1. The van der Waals surface area contributed by atoms with Gasteiger partial charge >= 0.3 is 5.97 Å². The van der Waals surface area contributed by atoms with E-state index < -0.39 is 36.2 Å². The predicted molar refractivity (Wildman–Crippen MR) is 102 cm³/mol. The molecule has 0 unspecified atom stereocenters. The summed E-state index contributed by atoms with van der Waals surface area (Å²) in [6.45, 7) is 0. The van der Waals surface area contributed by atoms with E-state index in [4.69, 9.17) is 4.74 Å². The van der Waals surface area contributed by atoms with Crippen LogP contribution in [0.5, 0.6) is 5.75 Å². The Morgan fingerprint density at radius 3 is 2.10 bits per heavy atom. The van der Waals surface area contributed by atoms with Gasteiger partial charge in [0.2, 0.25) is 9.84 Å². The van der Waals surface area contributed by atoms with E-state index in [9.17, 15) is 28.1 Å². The number of hydrogen-bond acceptors (Lipinski definition) is 7. The summed E-state index contributed by atoms with van der Waals surface area (Å²) in [5.74, 6) is -0.847. The average molecular weight is 411 g/mol. The average Bonchev–Trinajstić information content (AvgIpc) is 2.74. The maximum Gasteiger partial charge on any atom is 0.344 e. The topological polar surface area (TPSA) is 121 Å². The van der Waals surface area contributed by atoms with Gasteiger partial charge < -0.3 is 4.74 Å². The van der Waals surface area contributed by atoms with Gasteiger partial charge in [0.15, 0.2) is 0 Å². The summed E-state index contributed by atoms with van der Waals surface area (Å²) >= 11 is 0. The highest BCUT2D eigenvalue weighted by Gasteiger charge is 2.31. The molecule has 8 nitrogen and oxygen atoms in total. The molecule has 0 aliphatic rings. The lowest BCUT2D eigenvalue weighted by Gasteiger charge is -2.11. The van der Waals surface area contributed by atoms with Crippen LogP contribution in [-0.4, -0.2) is 25.6 Å². The van der Waals surface area contributed by atoms with Gasteiger partial charge in [0.05, 0.1) is 15.4 Å². The van der Waals surface area contributed by atoms with Crippen LogP contribution in [-0.2, 0) is 9.84 Å². The van der Waals surface area contributed by atoms with Gasteiger partial charge in [0, 0.05) is 11.6 Å². The Kier molecular flexibility index (Phi) is 5.51. The Hall–Kier alpha value is -3.85. The monoisotopic (exact) mass is 411 g/mol. The van der Waals surface area contributed by atoms with Crippen LogP contribution in [0.1, 0.15) is 20.7 Å². The molecule has 0 aromatic heterocycles. The normalized spacial score (nSPS) is 10.9. The number of para-hydroxylation sites is 1. The van der Waals surface area contributed by atoms with E-state index in [1.54, 1.807) is 0 Å². The fraction of sp³-hybridized carbons (Fsp3) is 0. The summed E-state index contributed by atoms with van der Waals surface area (Å²) in [5.41, 5.74) is -0.491. The van der Waals surface area contributed by atoms with Gasteiger partial charge in [0.1, 0.15) is 16.9 Å². The van der Waals surface area contributed by atoms with Crippen molar-refractivity contribution in [2.75, 3.05) is 0 Å². The number of hydrogen-bond donors (Lipinski definition) is 0. The molecule has 0 heterocycles. The van der Waals surface area contributed by atoms with Crippen LogP contribution in [0, 0.1) is 10.1 Å². The number of rotatable bonds is 6. The Morgan fingerprint density at radius 1 is 0.897 bits per heavy atom. The third-order valence-corrected chi connectivity index (χ3v) is 5.83. The quantitative estimate of drug-likeness (QED) is 0.200. The predicted octanol–water partition coefficient (Wildman–Crippen LogP) is 3.46. The second kappa shape index (κ2) is 8.03. The number of carbonyl (C=O) groups excluding carboxylic acids is 2. The van der Waals surface area contributed by atoms with Crippen molar-refractivity contribution in [2.24, 2.45) is 0 Å². The van der Waals surface area contributed by atoms with Crippen molar-refractivity contribution >= 4 is 27.8 Å². The van der Waals surface area contributed by atoms with Crippen molar-refractivity contribution < 1.29 is 27.7 Å². The SMILES string of the molecule is O=Cc1ccc(OC(=O)c2ccccc2S(=O)(=O)c2ccccc2[N+](=O)[O-])cc1. The summed E-state index contributed by atoms with van der Waals surface area (Å²) < 4.78 is 31.3. The molecule has 29 heavy (non-hydrogen) atoms. The van der Waals surface area contributed by atoms with E-state index >= 15 is 0 Å². The first-order chi connectivity index (χ1) is 13.8. The number of nitro groups is 1. The molecule has 0 saturated heterocycles. The Morgan fingerprint density at radius 2 is 1.48 bits per heavy atom. The first-order valence-corrected chi connectivity index (χ1v) is 9.68. The number of sulfone groups is 1. The minimum atomic E-state index is -4.38. The van der Waals surface area contributed by atoms with Gasteiger partial charge in [0.25, 0.3) is 5.69 Å². The molecule has 0 amide bonds. The van der Waals surface area contributed by atoms with E-state index in [0.717, 1.165) is 12.1 Å². The summed E-state index contributed by atoms with van der Waals surface area (Å²) in [6.07, 6.45) is 0.625. The van der Waals surface area contributed by atoms with Crippen molar-refractivity contribution in [1.29, 1.82) is 0 Å². The number of aldehydes is 1. The van der Waals surface area contributed by atoms with Gasteiger partial charge in [-0.3, -0.25) is 14.9 Å². The van der Waals surface area contributed by atoms with Crippen molar-refractivity contribution in [3.8, 4) is 5.75 Å². The molecule has 3 rings (SSSR count). The van der Waals surface area contributed by atoms with Crippen molar-refractivity contribution in [1.82, 2.24) is 0 Å². The summed E-state index contributed by atoms with van der Waals surface area (Å²) in [6, 6.07) is 15.8. The first kappa shape index (κ1) is 19.9. The van der Waals surface area contributed by atoms with Crippen LogP contribution >= 0.6 is 0 Å². The molecule has 0 spiro atoms. The number of benzene rings is 3. The molecule has 3 aromatic carbocycles. The van der Waals surface area contributed by atoms with E-state index in [1.165, 1.54) is 60.7 Å². The van der Waals surface area contributed by atoms with Crippen LogP contribution in [0.4, 0.5) is 5.69 Å². The smallest absolute Gasteiger partial charge is 0.344 e.